The highest BCUT2D eigenvalue weighted by molar-refractivity contribution is 8.00. The first-order chi connectivity index (χ1) is 9.69. The molecule has 2 rings (SSSR count). The predicted octanol–water partition coefficient (Wildman–Crippen LogP) is 4.03. The highest BCUT2D eigenvalue weighted by Gasteiger charge is 2.16. The minimum absolute atomic E-state index is 0.315. The van der Waals surface area contributed by atoms with Gasteiger partial charge in [-0.1, -0.05) is 26.2 Å². The molecule has 0 radical (unpaired) electrons. The first-order valence-electron chi connectivity index (χ1n) is 7.86. The Bertz CT molecular complexity index is 424. The second-order valence-electron chi connectivity index (χ2n) is 5.83. The van der Waals surface area contributed by atoms with Crippen molar-refractivity contribution in [1.29, 1.82) is 0 Å². The van der Waals surface area contributed by atoms with Crippen LogP contribution < -0.4 is 0 Å². The summed E-state index contributed by atoms with van der Waals surface area (Å²) < 4.78 is 1.97. The maximum Gasteiger partial charge on any atom is 0.148 e. The van der Waals surface area contributed by atoms with Crippen LogP contribution in [0, 0.1) is 0 Å². The molecule has 1 unspecified atom stereocenters. The standard InChI is InChI=1S/C16H26N2OS/c1-3-13(2)18-10-9-14(17-18)11-15(19)12-20-16-7-5-4-6-8-16/h9-10,13,16H,3-8,11-12H2,1-2H3. The zero-order chi connectivity index (χ0) is 14.4. The average molecular weight is 294 g/mol. The van der Waals surface area contributed by atoms with Crippen LogP contribution in [0.5, 0.6) is 0 Å². The fraction of sp³-hybridized carbons (Fsp3) is 0.750. The molecular formula is C16H26N2OS. The summed E-state index contributed by atoms with van der Waals surface area (Å²) in [6, 6.07) is 2.39. The molecule has 1 aromatic rings. The van der Waals surface area contributed by atoms with Gasteiger partial charge in [-0.3, -0.25) is 9.48 Å². The molecule has 4 heteroatoms. The number of nitrogens with zero attached hydrogens (tertiary/aromatic N) is 2. The Morgan fingerprint density at radius 3 is 2.90 bits per heavy atom. The van der Waals surface area contributed by atoms with E-state index in [2.05, 4.69) is 18.9 Å². The van der Waals surface area contributed by atoms with Crippen molar-refractivity contribution in [2.75, 3.05) is 5.75 Å². The van der Waals surface area contributed by atoms with Crippen molar-refractivity contribution < 1.29 is 4.79 Å². The maximum atomic E-state index is 12.0. The lowest BCUT2D eigenvalue weighted by Gasteiger charge is -2.20. The number of rotatable bonds is 7. The molecule has 1 aliphatic carbocycles. The lowest BCUT2D eigenvalue weighted by Crippen LogP contribution is -2.14. The summed E-state index contributed by atoms with van der Waals surface area (Å²) in [5.41, 5.74) is 0.916. The Hall–Kier alpha value is -0.770. The average Bonchev–Trinajstić information content (AvgIpc) is 2.94. The number of Topliss-reactive ketones (excluding diaryl/α,β-unsaturated/α-hetero) is 1. The van der Waals surface area contributed by atoms with Crippen LogP contribution in [0.4, 0.5) is 0 Å². The number of ketones is 1. The van der Waals surface area contributed by atoms with Crippen molar-refractivity contribution in [3.8, 4) is 0 Å². The number of carbonyl (C=O) groups excluding carboxylic acids is 1. The number of hydrogen-bond donors (Lipinski definition) is 0. The van der Waals surface area contributed by atoms with E-state index in [9.17, 15) is 4.79 Å². The monoisotopic (exact) mass is 294 g/mol. The Morgan fingerprint density at radius 1 is 1.45 bits per heavy atom. The van der Waals surface area contributed by atoms with Gasteiger partial charge in [0, 0.05) is 17.5 Å². The van der Waals surface area contributed by atoms with Gasteiger partial charge in [0.15, 0.2) is 0 Å². The summed E-state index contributed by atoms with van der Waals surface area (Å²) in [5.74, 6) is 0.968. The van der Waals surface area contributed by atoms with E-state index in [0.29, 0.717) is 29.2 Å². The lowest BCUT2D eigenvalue weighted by atomic mass is 10.0. The van der Waals surface area contributed by atoms with E-state index >= 15 is 0 Å². The number of aromatic nitrogens is 2. The van der Waals surface area contributed by atoms with Gasteiger partial charge in [-0.2, -0.15) is 16.9 Å². The minimum Gasteiger partial charge on any atom is -0.298 e. The van der Waals surface area contributed by atoms with Gasteiger partial charge in [-0.25, -0.2) is 0 Å². The molecule has 1 fully saturated rings. The van der Waals surface area contributed by atoms with Crippen molar-refractivity contribution in [3.05, 3.63) is 18.0 Å². The van der Waals surface area contributed by atoms with Gasteiger partial charge in [-0.15, -0.1) is 0 Å². The molecule has 20 heavy (non-hydrogen) atoms. The summed E-state index contributed by atoms with van der Waals surface area (Å²) in [4.78, 5) is 12.0. The Balaban J connectivity index is 1.74. The zero-order valence-electron chi connectivity index (χ0n) is 12.7. The number of hydrogen-bond acceptors (Lipinski definition) is 3. The zero-order valence-corrected chi connectivity index (χ0v) is 13.5. The third-order valence-corrected chi connectivity index (χ3v) is 5.55. The van der Waals surface area contributed by atoms with E-state index in [-0.39, 0.29) is 0 Å². The van der Waals surface area contributed by atoms with Gasteiger partial charge in [0.05, 0.1) is 17.9 Å². The molecule has 0 saturated heterocycles. The third kappa shape index (κ3) is 4.65. The van der Waals surface area contributed by atoms with Crippen LogP contribution in [0.2, 0.25) is 0 Å². The minimum atomic E-state index is 0.315. The SMILES string of the molecule is CCC(C)n1ccc(CC(=O)CSC2CCCCC2)n1. The topological polar surface area (TPSA) is 34.9 Å². The second-order valence-corrected chi connectivity index (χ2v) is 7.12. The van der Waals surface area contributed by atoms with Crippen LogP contribution in [0.15, 0.2) is 12.3 Å². The van der Waals surface area contributed by atoms with Crippen LogP contribution in [0.25, 0.3) is 0 Å². The van der Waals surface area contributed by atoms with Gasteiger partial charge in [0.25, 0.3) is 0 Å². The predicted molar refractivity (Wildman–Crippen MR) is 85.3 cm³/mol. The van der Waals surface area contributed by atoms with E-state index < -0.39 is 0 Å². The molecule has 0 spiro atoms. The summed E-state index contributed by atoms with van der Waals surface area (Å²) in [5, 5.41) is 5.22. The van der Waals surface area contributed by atoms with Crippen molar-refractivity contribution in [1.82, 2.24) is 9.78 Å². The molecule has 1 aromatic heterocycles. The highest BCUT2D eigenvalue weighted by Crippen LogP contribution is 2.28. The van der Waals surface area contributed by atoms with Crippen molar-refractivity contribution in [3.63, 3.8) is 0 Å². The fourth-order valence-corrected chi connectivity index (χ4v) is 3.79. The molecule has 0 amide bonds. The smallest absolute Gasteiger partial charge is 0.148 e. The van der Waals surface area contributed by atoms with E-state index in [1.165, 1.54) is 32.1 Å². The van der Waals surface area contributed by atoms with Gasteiger partial charge < -0.3 is 0 Å². The summed E-state index contributed by atoms with van der Waals surface area (Å²) in [6.45, 7) is 4.30. The largest absolute Gasteiger partial charge is 0.298 e. The van der Waals surface area contributed by atoms with Crippen LogP contribution >= 0.6 is 11.8 Å². The third-order valence-electron chi connectivity index (χ3n) is 4.12. The molecule has 0 N–H and O–H groups in total. The van der Waals surface area contributed by atoms with Crippen LogP contribution in [0.1, 0.15) is 64.1 Å². The highest BCUT2D eigenvalue weighted by atomic mass is 32.2. The molecule has 1 heterocycles. The van der Waals surface area contributed by atoms with Crippen LogP contribution in [-0.4, -0.2) is 26.6 Å². The normalized spacial score (nSPS) is 18.1. The Kier molecular flexibility index (Phi) is 6.14. The van der Waals surface area contributed by atoms with Gasteiger partial charge in [-0.05, 0) is 32.3 Å². The molecule has 3 nitrogen and oxygen atoms in total. The van der Waals surface area contributed by atoms with Gasteiger partial charge in [0.1, 0.15) is 5.78 Å². The molecule has 0 aromatic carbocycles. The number of carbonyl (C=O) groups is 1. The van der Waals surface area contributed by atoms with Crippen molar-refractivity contribution in [2.24, 2.45) is 0 Å². The van der Waals surface area contributed by atoms with E-state index in [4.69, 9.17) is 0 Å². The molecular weight excluding hydrogens is 268 g/mol. The second kappa shape index (κ2) is 7.87. The van der Waals surface area contributed by atoms with E-state index in [1.807, 2.05) is 28.7 Å². The first kappa shape index (κ1) is 15.6. The van der Waals surface area contributed by atoms with Crippen LogP contribution in [-0.2, 0) is 11.2 Å². The lowest BCUT2D eigenvalue weighted by molar-refractivity contribution is -0.116. The molecule has 1 saturated carbocycles. The van der Waals surface area contributed by atoms with Gasteiger partial charge >= 0.3 is 0 Å². The van der Waals surface area contributed by atoms with E-state index in [1.54, 1.807) is 0 Å². The molecule has 112 valence electrons. The fourth-order valence-electron chi connectivity index (χ4n) is 2.60. The van der Waals surface area contributed by atoms with Gasteiger partial charge in [0.2, 0.25) is 0 Å². The molecule has 0 bridgehead atoms. The summed E-state index contributed by atoms with van der Waals surface area (Å²) in [6.07, 6.45) is 10.2. The quantitative estimate of drug-likeness (QED) is 0.761. The number of thioether (sulfide) groups is 1. The first-order valence-corrected chi connectivity index (χ1v) is 8.91. The maximum absolute atomic E-state index is 12.0. The Labute approximate surface area is 126 Å². The van der Waals surface area contributed by atoms with Crippen molar-refractivity contribution >= 4 is 17.5 Å². The molecule has 1 atom stereocenters. The summed E-state index contributed by atoms with van der Waals surface area (Å²) >= 11 is 1.86. The molecule has 1 aliphatic rings. The summed E-state index contributed by atoms with van der Waals surface area (Å²) in [7, 11) is 0. The van der Waals surface area contributed by atoms with Crippen molar-refractivity contribution in [2.45, 2.75) is 70.1 Å². The molecule has 0 aliphatic heterocycles. The van der Waals surface area contributed by atoms with Crippen LogP contribution in [0.3, 0.4) is 0 Å². The van der Waals surface area contributed by atoms with E-state index in [0.717, 1.165) is 12.1 Å². The Morgan fingerprint density at radius 2 is 2.20 bits per heavy atom.